The second-order valence-electron chi connectivity index (χ2n) is 6.71. The van der Waals surface area contributed by atoms with Crippen LogP contribution in [0.1, 0.15) is 65.4 Å². The number of nitrogen functional groups attached to an aromatic ring is 1. The number of hydrogen-bond acceptors (Lipinski definition) is 3. The number of nitrogens with zero attached hydrogens (tertiary/aromatic N) is 2. The lowest BCUT2D eigenvalue weighted by atomic mass is 10.1. The normalized spacial score (nSPS) is 10.7. The van der Waals surface area contributed by atoms with Gasteiger partial charge < -0.3 is 15.5 Å². The first-order valence-electron chi connectivity index (χ1n) is 9.98. The van der Waals surface area contributed by atoms with Crippen molar-refractivity contribution in [3.05, 3.63) is 23.8 Å². The Kier molecular flexibility index (Phi) is 10.0. The van der Waals surface area contributed by atoms with Crippen molar-refractivity contribution in [2.45, 2.75) is 66.2 Å². The van der Waals surface area contributed by atoms with Crippen LogP contribution >= 0.6 is 0 Å². The minimum absolute atomic E-state index is 0.247. The van der Waals surface area contributed by atoms with Crippen molar-refractivity contribution < 1.29 is 4.79 Å². The number of carbonyl (C=O) groups is 1. The molecule has 0 fully saturated rings. The van der Waals surface area contributed by atoms with E-state index >= 15 is 0 Å². The molecule has 0 aromatic heterocycles. The average molecular weight is 348 g/mol. The monoisotopic (exact) mass is 347 g/mol. The number of anilines is 2. The Balaban J connectivity index is 2.68. The summed E-state index contributed by atoms with van der Waals surface area (Å²) in [6.45, 7) is 12.3. The Morgan fingerprint density at radius 1 is 1.00 bits per heavy atom. The summed E-state index contributed by atoms with van der Waals surface area (Å²) in [5.41, 5.74) is 9.40. The summed E-state index contributed by atoms with van der Waals surface area (Å²) in [5, 5.41) is 0. The third-order valence-corrected chi connectivity index (χ3v) is 4.56. The van der Waals surface area contributed by atoms with Crippen LogP contribution < -0.4 is 10.6 Å². The van der Waals surface area contributed by atoms with Gasteiger partial charge in [-0.15, -0.1) is 0 Å². The van der Waals surface area contributed by atoms with Crippen LogP contribution in [0.25, 0.3) is 0 Å². The zero-order valence-corrected chi connectivity index (χ0v) is 16.7. The number of hydrogen-bond donors (Lipinski definition) is 1. The lowest BCUT2D eigenvalue weighted by Crippen LogP contribution is -2.31. The molecule has 0 bridgehead atoms. The predicted molar refractivity (Wildman–Crippen MR) is 109 cm³/mol. The average Bonchev–Trinajstić information content (AvgIpc) is 2.60. The number of carbonyl (C=O) groups excluding carboxylic acids is 1. The van der Waals surface area contributed by atoms with Crippen molar-refractivity contribution in [1.29, 1.82) is 0 Å². The van der Waals surface area contributed by atoms with Gasteiger partial charge in [-0.1, -0.05) is 33.3 Å². The molecule has 0 heterocycles. The van der Waals surface area contributed by atoms with Gasteiger partial charge in [-0.25, -0.2) is 0 Å². The van der Waals surface area contributed by atoms with E-state index in [1.807, 2.05) is 11.0 Å². The maximum atomic E-state index is 12.4. The van der Waals surface area contributed by atoms with Gasteiger partial charge in [0.05, 0.1) is 11.4 Å². The quantitative estimate of drug-likeness (QED) is 0.567. The molecular formula is C21H37N3O. The van der Waals surface area contributed by atoms with Crippen molar-refractivity contribution in [2.24, 2.45) is 0 Å². The van der Waals surface area contributed by atoms with Crippen molar-refractivity contribution >= 4 is 17.3 Å². The minimum Gasteiger partial charge on any atom is -0.397 e. The molecule has 0 spiro atoms. The van der Waals surface area contributed by atoms with Crippen LogP contribution in [0, 0.1) is 0 Å². The van der Waals surface area contributed by atoms with E-state index in [-0.39, 0.29) is 5.91 Å². The summed E-state index contributed by atoms with van der Waals surface area (Å²) in [4.78, 5) is 16.7. The first kappa shape index (κ1) is 21.3. The van der Waals surface area contributed by atoms with Crippen molar-refractivity contribution in [2.75, 3.05) is 36.8 Å². The Morgan fingerprint density at radius 3 is 2.20 bits per heavy atom. The maximum absolute atomic E-state index is 12.4. The van der Waals surface area contributed by atoms with Crippen LogP contribution in [0.5, 0.6) is 0 Å². The van der Waals surface area contributed by atoms with Crippen LogP contribution in [0.15, 0.2) is 18.2 Å². The van der Waals surface area contributed by atoms with Crippen molar-refractivity contribution in [3.8, 4) is 0 Å². The molecule has 0 radical (unpaired) electrons. The van der Waals surface area contributed by atoms with Gasteiger partial charge in [0.2, 0.25) is 5.91 Å². The standard InChI is InChI=1S/C21H37N3O/c1-5-9-16-23(8-4)21(25)13-11-18-10-12-20(19(22)17-18)24(14-6-2)15-7-3/h10,12,17H,5-9,11,13-16,22H2,1-4H3. The largest absolute Gasteiger partial charge is 0.397 e. The predicted octanol–water partition coefficient (Wildman–Crippen LogP) is 4.48. The zero-order chi connectivity index (χ0) is 18.7. The molecule has 4 nitrogen and oxygen atoms in total. The topological polar surface area (TPSA) is 49.6 Å². The number of benzene rings is 1. The Labute approximate surface area is 154 Å². The zero-order valence-electron chi connectivity index (χ0n) is 16.7. The summed E-state index contributed by atoms with van der Waals surface area (Å²) >= 11 is 0. The second-order valence-corrected chi connectivity index (χ2v) is 6.71. The number of aryl methyl sites for hydroxylation is 1. The van der Waals surface area contributed by atoms with Gasteiger partial charge in [0.1, 0.15) is 0 Å². The Hall–Kier alpha value is -1.71. The van der Waals surface area contributed by atoms with E-state index in [1.54, 1.807) is 0 Å². The Bertz CT molecular complexity index is 510. The fourth-order valence-corrected chi connectivity index (χ4v) is 3.16. The first-order chi connectivity index (χ1) is 12.1. The highest BCUT2D eigenvalue weighted by Crippen LogP contribution is 2.25. The van der Waals surface area contributed by atoms with Crippen LogP contribution in [0.4, 0.5) is 11.4 Å². The highest BCUT2D eigenvalue weighted by atomic mass is 16.2. The molecule has 0 saturated carbocycles. The van der Waals surface area contributed by atoms with Crippen molar-refractivity contribution in [1.82, 2.24) is 4.90 Å². The van der Waals surface area contributed by atoms with Gasteiger partial charge in [-0.2, -0.15) is 0 Å². The molecule has 1 amide bonds. The lowest BCUT2D eigenvalue weighted by Gasteiger charge is -2.25. The highest BCUT2D eigenvalue weighted by Gasteiger charge is 2.13. The summed E-state index contributed by atoms with van der Waals surface area (Å²) in [7, 11) is 0. The van der Waals surface area contributed by atoms with E-state index in [9.17, 15) is 4.79 Å². The number of rotatable bonds is 12. The molecule has 1 aromatic rings. The van der Waals surface area contributed by atoms with E-state index < -0.39 is 0 Å². The van der Waals surface area contributed by atoms with E-state index in [0.717, 1.165) is 75.2 Å². The van der Waals surface area contributed by atoms with E-state index in [2.05, 4.69) is 44.7 Å². The number of nitrogens with two attached hydrogens (primary N) is 1. The fraction of sp³-hybridized carbons (Fsp3) is 0.667. The molecule has 0 aliphatic rings. The van der Waals surface area contributed by atoms with Gasteiger partial charge in [0.25, 0.3) is 0 Å². The van der Waals surface area contributed by atoms with E-state index in [0.29, 0.717) is 6.42 Å². The summed E-state index contributed by atoms with van der Waals surface area (Å²) in [5.74, 6) is 0.247. The van der Waals surface area contributed by atoms with E-state index in [4.69, 9.17) is 5.73 Å². The highest BCUT2D eigenvalue weighted by molar-refractivity contribution is 5.76. The van der Waals surface area contributed by atoms with Gasteiger partial charge in [-0.05, 0) is 50.3 Å². The van der Waals surface area contributed by atoms with Crippen LogP contribution in [0.3, 0.4) is 0 Å². The summed E-state index contributed by atoms with van der Waals surface area (Å²) in [6, 6.07) is 6.29. The van der Waals surface area contributed by atoms with Crippen LogP contribution in [-0.2, 0) is 11.2 Å². The minimum atomic E-state index is 0.247. The molecular weight excluding hydrogens is 310 g/mol. The molecule has 0 unspecified atom stereocenters. The van der Waals surface area contributed by atoms with Gasteiger partial charge >= 0.3 is 0 Å². The molecule has 4 heteroatoms. The van der Waals surface area contributed by atoms with Gasteiger partial charge in [0, 0.05) is 32.6 Å². The molecule has 2 N–H and O–H groups in total. The maximum Gasteiger partial charge on any atom is 0.222 e. The van der Waals surface area contributed by atoms with Crippen LogP contribution in [-0.4, -0.2) is 37.0 Å². The van der Waals surface area contributed by atoms with Crippen LogP contribution in [0.2, 0.25) is 0 Å². The molecule has 1 aromatic carbocycles. The molecule has 0 saturated heterocycles. The number of unbranched alkanes of at least 4 members (excludes halogenated alkanes) is 1. The number of amides is 1. The SMILES string of the molecule is CCCCN(CC)C(=O)CCc1ccc(N(CCC)CCC)c(N)c1. The summed E-state index contributed by atoms with van der Waals surface area (Å²) in [6.07, 6.45) is 5.73. The smallest absolute Gasteiger partial charge is 0.222 e. The van der Waals surface area contributed by atoms with Crippen molar-refractivity contribution in [3.63, 3.8) is 0 Å². The lowest BCUT2D eigenvalue weighted by molar-refractivity contribution is -0.131. The molecule has 25 heavy (non-hydrogen) atoms. The van der Waals surface area contributed by atoms with E-state index in [1.165, 1.54) is 0 Å². The molecule has 0 aliphatic heterocycles. The molecule has 0 atom stereocenters. The second kappa shape index (κ2) is 11.8. The fourth-order valence-electron chi connectivity index (χ4n) is 3.16. The third-order valence-electron chi connectivity index (χ3n) is 4.56. The molecule has 1 rings (SSSR count). The molecule has 142 valence electrons. The molecule has 0 aliphatic carbocycles. The Morgan fingerprint density at radius 2 is 1.68 bits per heavy atom. The first-order valence-corrected chi connectivity index (χ1v) is 9.98. The van der Waals surface area contributed by atoms with Gasteiger partial charge in [-0.3, -0.25) is 4.79 Å². The third kappa shape index (κ3) is 6.97. The van der Waals surface area contributed by atoms with Gasteiger partial charge in [0.15, 0.2) is 0 Å². The summed E-state index contributed by atoms with van der Waals surface area (Å²) < 4.78 is 0.